The Hall–Kier alpha value is -2.71. The van der Waals surface area contributed by atoms with Crippen molar-refractivity contribution in [3.8, 4) is 0 Å². The number of thiophene rings is 2. The van der Waals surface area contributed by atoms with E-state index in [1.807, 2.05) is 17.5 Å². The average molecular weight is 469 g/mol. The quantitative estimate of drug-likeness (QED) is 0.534. The molecule has 1 aliphatic heterocycles. The van der Waals surface area contributed by atoms with E-state index < -0.39 is 0 Å². The number of amides is 2. The van der Waals surface area contributed by atoms with E-state index in [1.54, 1.807) is 28.4 Å². The minimum Gasteiger partial charge on any atom is -0.459 e. The summed E-state index contributed by atoms with van der Waals surface area (Å²) in [6.07, 6.45) is 6.73. The second-order valence-electron chi connectivity index (χ2n) is 8.25. The molecule has 4 heterocycles. The Bertz CT molecular complexity index is 1120. The lowest BCUT2D eigenvalue weighted by Gasteiger charge is -2.30. The third-order valence-electron chi connectivity index (χ3n) is 6.26. The molecule has 0 saturated carbocycles. The normalized spacial score (nSPS) is 16.6. The van der Waals surface area contributed by atoms with E-state index in [1.165, 1.54) is 22.5 Å². The fraction of sp³-hybridized carbons (Fsp3) is 0.375. The zero-order chi connectivity index (χ0) is 22.1. The van der Waals surface area contributed by atoms with Gasteiger partial charge in [-0.3, -0.25) is 14.4 Å². The summed E-state index contributed by atoms with van der Waals surface area (Å²) < 4.78 is 5.21. The molecule has 0 bridgehead atoms. The summed E-state index contributed by atoms with van der Waals surface area (Å²) in [5.41, 5.74) is 1.81. The molecule has 0 aromatic carbocycles. The van der Waals surface area contributed by atoms with Gasteiger partial charge >= 0.3 is 0 Å². The van der Waals surface area contributed by atoms with E-state index in [2.05, 4.69) is 5.32 Å². The van der Waals surface area contributed by atoms with Gasteiger partial charge in [0, 0.05) is 23.9 Å². The van der Waals surface area contributed by atoms with Crippen molar-refractivity contribution in [1.82, 2.24) is 4.90 Å². The molecule has 0 unspecified atom stereocenters. The highest BCUT2D eigenvalue weighted by Gasteiger charge is 2.32. The third-order valence-corrected chi connectivity index (χ3v) is 8.34. The molecule has 166 valence electrons. The summed E-state index contributed by atoms with van der Waals surface area (Å²) in [5.74, 6) is -0.0422. The van der Waals surface area contributed by atoms with Crippen LogP contribution < -0.4 is 5.32 Å². The minimum atomic E-state index is -0.181. The van der Waals surface area contributed by atoms with Crippen molar-refractivity contribution in [2.24, 2.45) is 5.92 Å². The molecule has 3 aromatic rings. The van der Waals surface area contributed by atoms with E-state index in [4.69, 9.17) is 4.42 Å². The number of likely N-dealkylation sites (tertiary alicyclic amines) is 1. The molecular weight excluding hydrogens is 444 g/mol. The molecule has 5 rings (SSSR count). The Kier molecular flexibility index (Phi) is 5.97. The summed E-state index contributed by atoms with van der Waals surface area (Å²) >= 11 is 2.99. The zero-order valence-electron chi connectivity index (χ0n) is 17.6. The number of piperidine rings is 1. The van der Waals surface area contributed by atoms with Crippen molar-refractivity contribution in [3.05, 3.63) is 62.6 Å². The first-order chi connectivity index (χ1) is 15.6. The van der Waals surface area contributed by atoms with Gasteiger partial charge in [0.25, 0.3) is 5.91 Å². The first-order valence-electron chi connectivity index (χ1n) is 11.0. The van der Waals surface area contributed by atoms with Gasteiger partial charge in [-0.05, 0) is 67.7 Å². The molecule has 1 N–H and O–H groups in total. The van der Waals surface area contributed by atoms with Gasteiger partial charge in [-0.25, -0.2) is 0 Å². The molecule has 2 amide bonds. The molecule has 0 spiro atoms. The predicted molar refractivity (Wildman–Crippen MR) is 125 cm³/mol. The number of fused-ring (bicyclic) bond motifs is 1. The molecule has 6 nitrogen and oxygen atoms in total. The van der Waals surface area contributed by atoms with Crippen molar-refractivity contribution in [2.75, 3.05) is 18.4 Å². The van der Waals surface area contributed by atoms with Gasteiger partial charge in [-0.2, -0.15) is 0 Å². The number of hydrogen-bond acceptors (Lipinski definition) is 6. The Morgan fingerprint density at radius 1 is 1.06 bits per heavy atom. The average Bonchev–Trinajstić information content (AvgIpc) is 3.59. The Labute approximate surface area is 194 Å². The van der Waals surface area contributed by atoms with Crippen LogP contribution in [0.4, 0.5) is 5.00 Å². The van der Waals surface area contributed by atoms with Gasteiger partial charge in [-0.15, -0.1) is 22.7 Å². The van der Waals surface area contributed by atoms with Gasteiger partial charge < -0.3 is 14.6 Å². The van der Waals surface area contributed by atoms with Gasteiger partial charge in [-0.1, -0.05) is 6.07 Å². The number of aryl methyl sites for hydroxylation is 1. The standard InChI is InChI=1S/C24H24N2O4S2/c27-21(19-8-4-14-31-19)20-16-5-1-2-7-18(16)32-23(20)25-22(28)15-9-11-26(12-10-15)24(29)17-6-3-13-30-17/h3-4,6,8,13-15H,1-2,5,7,9-12H2,(H,25,28). The van der Waals surface area contributed by atoms with Crippen LogP contribution in [0.3, 0.4) is 0 Å². The number of nitrogens with one attached hydrogen (secondary N) is 1. The second-order valence-corrected chi connectivity index (χ2v) is 10.3. The van der Waals surface area contributed by atoms with Gasteiger partial charge in [0.15, 0.2) is 5.76 Å². The topological polar surface area (TPSA) is 79.6 Å². The van der Waals surface area contributed by atoms with Crippen LogP contribution in [0.15, 0.2) is 40.3 Å². The Morgan fingerprint density at radius 2 is 1.88 bits per heavy atom. The smallest absolute Gasteiger partial charge is 0.289 e. The number of anilines is 1. The number of hydrogen-bond donors (Lipinski definition) is 1. The highest BCUT2D eigenvalue weighted by atomic mass is 32.1. The number of rotatable bonds is 5. The van der Waals surface area contributed by atoms with Crippen LogP contribution >= 0.6 is 22.7 Å². The maximum absolute atomic E-state index is 13.3. The van der Waals surface area contributed by atoms with Crippen LogP contribution in [0.25, 0.3) is 0 Å². The van der Waals surface area contributed by atoms with E-state index in [9.17, 15) is 14.4 Å². The van der Waals surface area contributed by atoms with E-state index in [0.29, 0.717) is 47.1 Å². The minimum absolute atomic E-state index is 0.00793. The maximum Gasteiger partial charge on any atom is 0.289 e. The number of nitrogens with zero attached hydrogens (tertiary/aromatic N) is 1. The SMILES string of the molecule is O=C(c1cccs1)c1c(NC(=O)C2CCN(C(=O)c3ccco3)CC2)sc2c1CCCC2. The fourth-order valence-corrected chi connectivity index (χ4v) is 6.50. The third kappa shape index (κ3) is 4.04. The molecule has 1 aliphatic carbocycles. The van der Waals surface area contributed by atoms with Crippen molar-refractivity contribution in [3.63, 3.8) is 0 Å². The Morgan fingerprint density at radius 3 is 2.59 bits per heavy atom. The van der Waals surface area contributed by atoms with E-state index in [-0.39, 0.29) is 23.5 Å². The second kappa shape index (κ2) is 9.03. The molecule has 32 heavy (non-hydrogen) atoms. The molecule has 1 fully saturated rings. The molecular formula is C24H24N2O4S2. The van der Waals surface area contributed by atoms with Crippen LogP contribution in [0, 0.1) is 5.92 Å². The number of carbonyl (C=O) groups excluding carboxylic acids is 3. The summed E-state index contributed by atoms with van der Waals surface area (Å²) in [6.45, 7) is 1.03. The number of ketones is 1. The lowest BCUT2D eigenvalue weighted by atomic mass is 9.93. The van der Waals surface area contributed by atoms with E-state index >= 15 is 0 Å². The van der Waals surface area contributed by atoms with Crippen molar-refractivity contribution in [1.29, 1.82) is 0 Å². The maximum atomic E-state index is 13.3. The highest BCUT2D eigenvalue weighted by Crippen LogP contribution is 2.40. The predicted octanol–water partition coefficient (Wildman–Crippen LogP) is 5.00. The first-order valence-corrected chi connectivity index (χ1v) is 12.7. The van der Waals surface area contributed by atoms with Crippen LogP contribution in [0.5, 0.6) is 0 Å². The first kappa shape index (κ1) is 21.2. The number of furan rings is 1. The molecule has 1 saturated heterocycles. The molecule has 0 atom stereocenters. The fourth-order valence-electron chi connectivity index (χ4n) is 4.54. The van der Waals surface area contributed by atoms with Crippen LogP contribution in [-0.2, 0) is 17.6 Å². The van der Waals surface area contributed by atoms with E-state index in [0.717, 1.165) is 31.2 Å². The highest BCUT2D eigenvalue weighted by molar-refractivity contribution is 7.17. The van der Waals surface area contributed by atoms with Crippen LogP contribution in [0.1, 0.15) is 61.9 Å². The van der Waals surface area contributed by atoms with Gasteiger partial charge in [0.05, 0.1) is 16.7 Å². The molecule has 0 radical (unpaired) electrons. The zero-order valence-corrected chi connectivity index (χ0v) is 19.2. The molecule has 8 heteroatoms. The van der Waals surface area contributed by atoms with Gasteiger partial charge in [0.2, 0.25) is 11.7 Å². The van der Waals surface area contributed by atoms with Crippen molar-refractivity contribution >= 4 is 45.3 Å². The Balaban J connectivity index is 1.30. The van der Waals surface area contributed by atoms with Gasteiger partial charge in [0.1, 0.15) is 5.00 Å². The lowest BCUT2D eigenvalue weighted by Crippen LogP contribution is -2.41. The largest absolute Gasteiger partial charge is 0.459 e. The summed E-state index contributed by atoms with van der Waals surface area (Å²) in [7, 11) is 0. The number of carbonyl (C=O) groups is 3. The van der Waals surface area contributed by atoms with Crippen LogP contribution in [0.2, 0.25) is 0 Å². The summed E-state index contributed by atoms with van der Waals surface area (Å²) in [5, 5.41) is 5.69. The summed E-state index contributed by atoms with van der Waals surface area (Å²) in [4.78, 5) is 42.5. The van der Waals surface area contributed by atoms with Crippen molar-refractivity contribution in [2.45, 2.75) is 38.5 Å². The molecule has 2 aliphatic rings. The lowest BCUT2D eigenvalue weighted by molar-refractivity contribution is -0.121. The summed E-state index contributed by atoms with van der Waals surface area (Å²) in [6, 6.07) is 7.08. The molecule has 3 aromatic heterocycles. The van der Waals surface area contributed by atoms with Crippen molar-refractivity contribution < 1.29 is 18.8 Å². The van der Waals surface area contributed by atoms with Crippen LogP contribution in [-0.4, -0.2) is 35.6 Å². The monoisotopic (exact) mass is 468 g/mol.